The van der Waals surface area contributed by atoms with E-state index in [-0.39, 0.29) is 13.0 Å². The number of benzene rings is 1. The summed E-state index contributed by atoms with van der Waals surface area (Å²) in [7, 11) is 0. The normalized spacial score (nSPS) is 17.6. The molecule has 0 amide bonds. The first-order valence-electron chi connectivity index (χ1n) is 6.01. The van der Waals surface area contributed by atoms with Gasteiger partial charge >= 0.3 is 6.18 Å². The van der Waals surface area contributed by atoms with Gasteiger partial charge in [0.25, 0.3) is 0 Å². The van der Waals surface area contributed by atoms with Crippen LogP contribution in [0.15, 0.2) is 18.2 Å². The highest BCUT2D eigenvalue weighted by Crippen LogP contribution is 2.35. The summed E-state index contributed by atoms with van der Waals surface area (Å²) >= 11 is 5.91. The molecule has 1 unspecified atom stereocenters. The van der Waals surface area contributed by atoms with Crippen LogP contribution in [0.4, 0.5) is 18.9 Å². The van der Waals surface area contributed by atoms with Crippen molar-refractivity contribution in [3.05, 3.63) is 28.8 Å². The molecule has 3 nitrogen and oxygen atoms in total. The van der Waals surface area contributed by atoms with E-state index in [4.69, 9.17) is 16.3 Å². The van der Waals surface area contributed by atoms with Gasteiger partial charge in [0.05, 0.1) is 6.61 Å². The molecule has 20 heavy (non-hydrogen) atoms. The molecule has 1 aliphatic heterocycles. The lowest BCUT2D eigenvalue weighted by Crippen LogP contribution is -2.19. The van der Waals surface area contributed by atoms with Crippen molar-refractivity contribution in [2.75, 3.05) is 11.9 Å². The lowest BCUT2D eigenvalue weighted by Gasteiger charge is -2.21. The third kappa shape index (κ3) is 4.05. The highest BCUT2D eigenvalue weighted by atomic mass is 35.5. The van der Waals surface area contributed by atoms with E-state index in [0.717, 1.165) is 0 Å². The second-order valence-corrected chi connectivity index (χ2v) is 4.82. The first-order chi connectivity index (χ1) is 9.35. The zero-order valence-corrected chi connectivity index (χ0v) is 11.1. The van der Waals surface area contributed by atoms with Crippen LogP contribution in [0.2, 0.25) is 5.02 Å². The van der Waals surface area contributed by atoms with Crippen molar-refractivity contribution < 1.29 is 23.0 Å². The van der Waals surface area contributed by atoms with Gasteiger partial charge < -0.3 is 15.2 Å². The number of anilines is 1. The Labute approximate surface area is 119 Å². The third-order valence-electron chi connectivity index (χ3n) is 2.72. The van der Waals surface area contributed by atoms with E-state index < -0.39 is 18.8 Å². The van der Waals surface area contributed by atoms with Crippen LogP contribution in [-0.2, 0) is 0 Å². The van der Waals surface area contributed by atoms with Crippen LogP contribution in [0, 0.1) is 0 Å². The number of hydrogen-bond donors (Lipinski definition) is 2. The van der Waals surface area contributed by atoms with Crippen molar-refractivity contribution in [1.82, 2.24) is 0 Å². The lowest BCUT2D eigenvalue weighted by molar-refractivity contribution is -0.136. The molecule has 2 rings (SSSR count). The van der Waals surface area contributed by atoms with Gasteiger partial charge in [-0.25, -0.2) is 0 Å². The van der Waals surface area contributed by atoms with Gasteiger partial charge in [-0.1, -0.05) is 11.6 Å². The number of ether oxygens (including phenoxy) is 1. The fourth-order valence-electron chi connectivity index (χ4n) is 1.85. The highest BCUT2D eigenvalue weighted by Gasteiger charge is 2.26. The number of nitrogens with one attached hydrogen (secondary N) is 1. The molecule has 0 radical (unpaired) electrons. The first-order valence-corrected chi connectivity index (χ1v) is 6.39. The van der Waals surface area contributed by atoms with E-state index in [0.29, 0.717) is 22.0 Å². The summed E-state index contributed by atoms with van der Waals surface area (Å²) in [4.78, 5) is 0. The van der Waals surface area contributed by atoms with E-state index in [1.807, 2.05) is 0 Å². The minimum absolute atomic E-state index is 0.0529. The summed E-state index contributed by atoms with van der Waals surface area (Å²) in [6.07, 6.45) is -2.85. The molecule has 2 N–H and O–H groups in total. The van der Waals surface area contributed by atoms with Crippen LogP contribution in [0.3, 0.4) is 0 Å². The molecule has 0 aromatic heterocycles. The zero-order valence-electron chi connectivity index (χ0n) is 10.4. The Morgan fingerprint density at radius 3 is 2.80 bits per heavy atom. The molecule has 7 heteroatoms. The molecule has 0 spiro atoms. The van der Waals surface area contributed by atoms with Crippen molar-refractivity contribution >= 4 is 23.4 Å². The summed E-state index contributed by atoms with van der Waals surface area (Å²) in [6, 6.07) is 3.16. The monoisotopic (exact) mass is 307 g/mol. The first kappa shape index (κ1) is 15.0. The molecule has 0 saturated carbocycles. The molecule has 0 aliphatic carbocycles. The average Bonchev–Trinajstić information content (AvgIpc) is 2.32. The fourth-order valence-corrected chi connectivity index (χ4v) is 2.06. The van der Waals surface area contributed by atoms with Gasteiger partial charge in [-0.05, 0) is 30.7 Å². The van der Waals surface area contributed by atoms with Gasteiger partial charge in [0.15, 0.2) is 0 Å². The second-order valence-electron chi connectivity index (χ2n) is 4.38. The minimum atomic E-state index is -4.18. The van der Waals surface area contributed by atoms with Crippen LogP contribution in [0.1, 0.15) is 18.4 Å². The van der Waals surface area contributed by atoms with E-state index >= 15 is 0 Å². The summed E-state index contributed by atoms with van der Waals surface area (Å²) in [5, 5.41) is 12.6. The summed E-state index contributed by atoms with van der Waals surface area (Å²) in [6.45, 7) is -0.0529. The molecule has 0 bridgehead atoms. The molecule has 0 saturated heterocycles. The standard InChI is InChI=1S/C13H13ClF3NO2/c14-8-6-10-9(2-3-12(19)18-10)11(7-8)20-5-1-4-13(15,16)17/h2-3,6-7,12,18-19H,1,4-5H2. The highest BCUT2D eigenvalue weighted by molar-refractivity contribution is 6.31. The van der Waals surface area contributed by atoms with Crippen LogP contribution in [0.25, 0.3) is 6.08 Å². The number of fused-ring (bicyclic) bond motifs is 1. The van der Waals surface area contributed by atoms with Crippen molar-refractivity contribution in [2.24, 2.45) is 0 Å². The molecular formula is C13H13ClF3NO2. The smallest absolute Gasteiger partial charge is 0.389 e. The van der Waals surface area contributed by atoms with Crippen LogP contribution < -0.4 is 10.1 Å². The maximum atomic E-state index is 12.0. The molecule has 0 fully saturated rings. The Hall–Kier alpha value is -1.40. The Morgan fingerprint density at radius 1 is 1.35 bits per heavy atom. The van der Waals surface area contributed by atoms with Gasteiger partial charge in [-0.3, -0.25) is 0 Å². The molecular weight excluding hydrogens is 295 g/mol. The van der Waals surface area contributed by atoms with Crippen LogP contribution in [-0.4, -0.2) is 24.1 Å². The quantitative estimate of drug-likeness (QED) is 0.831. The lowest BCUT2D eigenvalue weighted by atomic mass is 10.1. The number of alkyl halides is 3. The van der Waals surface area contributed by atoms with E-state index in [1.165, 1.54) is 12.1 Å². The van der Waals surface area contributed by atoms with Crippen LogP contribution >= 0.6 is 11.6 Å². The number of rotatable bonds is 4. The summed E-state index contributed by atoms with van der Waals surface area (Å²) < 4.78 is 41.5. The number of hydrogen-bond acceptors (Lipinski definition) is 3. The van der Waals surface area contributed by atoms with Gasteiger partial charge in [0, 0.05) is 22.7 Å². The Bertz CT molecular complexity index is 517. The molecule has 110 valence electrons. The Morgan fingerprint density at radius 2 is 2.10 bits per heavy atom. The molecule has 1 aromatic rings. The van der Waals surface area contributed by atoms with Gasteiger partial charge in [0.2, 0.25) is 0 Å². The number of aliphatic hydroxyl groups excluding tert-OH is 1. The van der Waals surface area contributed by atoms with Crippen molar-refractivity contribution in [2.45, 2.75) is 25.2 Å². The Balaban J connectivity index is 2.04. The van der Waals surface area contributed by atoms with Crippen molar-refractivity contribution in [3.8, 4) is 5.75 Å². The predicted octanol–water partition coefficient (Wildman–Crippen LogP) is 3.82. The van der Waals surface area contributed by atoms with Gasteiger partial charge in [0.1, 0.15) is 12.0 Å². The zero-order chi connectivity index (χ0) is 14.8. The second kappa shape index (κ2) is 5.93. The summed E-state index contributed by atoms with van der Waals surface area (Å²) in [5.41, 5.74) is 1.24. The summed E-state index contributed by atoms with van der Waals surface area (Å²) in [5.74, 6) is 0.394. The van der Waals surface area contributed by atoms with Gasteiger partial charge in [-0.15, -0.1) is 0 Å². The molecule has 1 aliphatic rings. The fraction of sp³-hybridized carbons (Fsp3) is 0.385. The molecule has 1 heterocycles. The Kier molecular flexibility index (Phi) is 4.45. The van der Waals surface area contributed by atoms with Crippen LogP contribution in [0.5, 0.6) is 5.75 Å². The van der Waals surface area contributed by atoms with E-state index in [1.54, 1.807) is 12.1 Å². The number of halogens is 4. The average molecular weight is 308 g/mol. The van der Waals surface area contributed by atoms with Gasteiger partial charge in [-0.2, -0.15) is 13.2 Å². The topological polar surface area (TPSA) is 41.5 Å². The molecule has 1 aromatic carbocycles. The number of aliphatic hydroxyl groups is 1. The van der Waals surface area contributed by atoms with Crippen molar-refractivity contribution in [3.63, 3.8) is 0 Å². The maximum Gasteiger partial charge on any atom is 0.389 e. The van der Waals surface area contributed by atoms with Crippen molar-refractivity contribution in [1.29, 1.82) is 0 Å². The third-order valence-corrected chi connectivity index (χ3v) is 2.94. The van der Waals surface area contributed by atoms with E-state index in [9.17, 15) is 18.3 Å². The molecule has 1 atom stereocenters. The maximum absolute atomic E-state index is 12.0. The SMILES string of the molecule is OC1C=Cc2c(cc(Cl)cc2OCCCC(F)(F)F)N1. The predicted molar refractivity (Wildman–Crippen MR) is 70.9 cm³/mol. The van der Waals surface area contributed by atoms with E-state index in [2.05, 4.69) is 5.32 Å². The minimum Gasteiger partial charge on any atom is -0.493 e. The largest absolute Gasteiger partial charge is 0.493 e.